The monoisotopic (exact) mass is 98.1 g/mol. The van der Waals surface area contributed by atoms with Crippen molar-refractivity contribution in [1.82, 2.24) is 5.43 Å². The number of rotatable bonds is 2. The van der Waals surface area contributed by atoms with Crippen molar-refractivity contribution >= 4 is 6.21 Å². The van der Waals surface area contributed by atoms with Crippen molar-refractivity contribution in [2.24, 2.45) is 5.10 Å². The second-order valence-corrected chi connectivity index (χ2v) is 1.02. The lowest BCUT2D eigenvalue weighted by molar-refractivity contribution is 0.971. The maximum atomic E-state index is 3.70. The van der Waals surface area contributed by atoms with Crippen molar-refractivity contribution in [1.29, 1.82) is 0 Å². The molecule has 0 bridgehead atoms. The molecule has 0 fully saturated rings. The Morgan fingerprint density at radius 3 is 2.57 bits per heavy atom. The van der Waals surface area contributed by atoms with E-state index < -0.39 is 0 Å². The van der Waals surface area contributed by atoms with Gasteiger partial charge in [-0.15, -0.1) is 0 Å². The predicted octanol–water partition coefficient (Wildman–Crippen LogP) is 1.12. The summed E-state index contributed by atoms with van der Waals surface area (Å²) in [6.45, 7) is 3.79. The maximum absolute atomic E-state index is 3.70. The van der Waals surface area contributed by atoms with Crippen molar-refractivity contribution < 1.29 is 0 Å². The van der Waals surface area contributed by atoms with Gasteiger partial charge in [0.15, 0.2) is 0 Å². The van der Waals surface area contributed by atoms with Gasteiger partial charge in [0.2, 0.25) is 0 Å². The van der Waals surface area contributed by atoms with Crippen LogP contribution < -0.4 is 5.43 Å². The fourth-order valence-corrected chi connectivity index (χ4v) is 0.192. The van der Waals surface area contributed by atoms with E-state index in [2.05, 4.69) is 10.5 Å². The fraction of sp³-hybridized carbons (Fsp3) is 0.400. The normalized spacial score (nSPS) is 11.1. The Labute approximate surface area is 43.9 Å². The van der Waals surface area contributed by atoms with Gasteiger partial charge in [-0.3, -0.25) is 5.43 Å². The summed E-state index contributed by atoms with van der Waals surface area (Å²) >= 11 is 0. The molecule has 0 atom stereocenters. The molecule has 0 spiro atoms. The molecule has 7 heavy (non-hydrogen) atoms. The minimum atomic E-state index is 1.69. The molecule has 2 nitrogen and oxygen atoms in total. The van der Waals surface area contributed by atoms with Crippen LogP contribution >= 0.6 is 0 Å². The lowest BCUT2D eigenvalue weighted by atomic mass is 10.7. The van der Waals surface area contributed by atoms with Gasteiger partial charge in [0.05, 0.1) is 0 Å². The van der Waals surface area contributed by atoms with E-state index in [0.29, 0.717) is 0 Å². The van der Waals surface area contributed by atoms with Gasteiger partial charge in [-0.2, -0.15) is 5.10 Å². The minimum absolute atomic E-state index is 1.69. The maximum Gasteiger partial charge on any atom is 0.0215 e. The average Bonchev–Trinajstić information content (AvgIpc) is 1.69. The third kappa shape index (κ3) is 5.21. The first-order chi connectivity index (χ1) is 3.41. The van der Waals surface area contributed by atoms with Crippen molar-refractivity contribution in [3.8, 4) is 0 Å². The van der Waals surface area contributed by atoms with Gasteiger partial charge < -0.3 is 0 Å². The summed E-state index contributed by atoms with van der Waals surface area (Å²) in [6.07, 6.45) is 5.34. The Balaban J connectivity index is 2.98. The Morgan fingerprint density at radius 2 is 2.14 bits per heavy atom. The van der Waals surface area contributed by atoms with Crippen LogP contribution in [0.25, 0.3) is 0 Å². The molecule has 0 aliphatic carbocycles. The molecule has 0 aliphatic rings. The SMILES string of the molecule is C/C=C\N/N=C/C. The van der Waals surface area contributed by atoms with E-state index in [1.54, 1.807) is 12.4 Å². The molecular formula is C5H10N2. The van der Waals surface area contributed by atoms with E-state index in [9.17, 15) is 0 Å². The topological polar surface area (TPSA) is 24.4 Å². The minimum Gasteiger partial charge on any atom is -0.286 e. The molecule has 0 aliphatic heterocycles. The molecule has 0 rings (SSSR count). The number of hydrogen-bond donors (Lipinski definition) is 1. The van der Waals surface area contributed by atoms with E-state index in [4.69, 9.17) is 0 Å². The molecule has 40 valence electrons. The molecule has 1 N–H and O–H groups in total. The van der Waals surface area contributed by atoms with E-state index in [1.165, 1.54) is 0 Å². The molecule has 0 saturated carbocycles. The predicted molar refractivity (Wildman–Crippen MR) is 32.1 cm³/mol. The molecule has 0 aromatic carbocycles. The van der Waals surface area contributed by atoms with Crippen molar-refractivity contribution in [3.63, 3.8) is 0 Å². The highest BCUT2D eigenvalue weighted by molar-refractivity contribution is 5.52. The van der Waals surface area contributed by atoms with Crippen LogP contribution in [0.2, 0.25) is 0 Å². The van der Waals surface area contributed by atoms with Gasteiger partial charge in [0.1, 0.15) is 0 Å². The van der Waals surface area contributed by atoms with E-state index in [1.807, 2.05) is 19.9 Å². The Bertz CT molecular complexity index is 64.1. The van der Waals surface area contributed by atoms with Crippen LogP contribution in [0.4, 0.5) is 0 Å². The second-order valence-electron chi connectivity index (χ2n) is 1.02. The van der Waals surface area contributed by atoms with Crippen molar-refractivity contribution in [3.05, 3.63) is 12.3 Å². The fourth-order valence-electron chi connectivity index (χ4n) is 0.192. The first-order valence-electron chi connectivity index (χ1n) is 2.26. The smallest absolute Gasteiger partial charge is 0.0215 e. The average molecular weight is 98.1 g/mol. The largest absolute Gasteiger partial charge is 0.286 e. The third-order valence-corrected chi connectivity index (χ3v) is 0.445. The molecule has 0 amide bonds. The van der Waals surface area contributed by atoms with E-state index >= 15 is 0 Å². The van der Waals surface area contributed by atoms with Gasteiger partial charge in [-0.1, -0.05) is 6.08 Å². The first kappa shape index (κ1) is 6.21. The van der Waals surface area contributed by atoms with E-state index in [0.717, 1.165) is 0 Å². The summed E-state index contributed by atoms with van der Waals surface area (Å²) in [6, 6.07) is 0. The summed E-state index contributed by atoms with van der Waals surface area (Å²) in [5.41, 5.74) is 2.67. The molecule has 0 heterocycles. The molecular weight excluding hydrogens is 88.1 g/mol. The molecule has 0 radical (unpaired) electrons. The van der Waals surface area contributed by atoms with Gasteiger partial charge in [0.25, 0.3) is 0 Å². The Hall–Kier alpha value is -0.790. The van der Waals surface area contributed by atoms with Crippen molar-refractivity contribution in [2.75, 3.05) is 0 Å². The second kappa shape index (κ2) is 5.21. The lowest BCUT2D eigenvalue weighted by Gasteiger charge is -1.81. The molecule has 0 unspecified atom stereocenters. The van der Waals surface area contributed by atoms with Gasteiger partial charge in [0, 0.05) is 12.4 Å². The number of nitrogens with zero attached hydrogens (tertiary/aromatic N) is 1. The van der Waals surface area contributed by atoms with Crippen LogP contribution in [0.1, 0.15) is 13.8 Å². The summed E-state index contributed by atoms with van der Waals surface area (Å²) in [7, 11) is 0. The number of hydrogen-bond acceptors (Lipinski definition) is 2. The van der Waals surface area contributed by atoms with Crippen LogP contribution in [0.5, 0.6) is 0 Å². The van der Waals surface area contributed by atoms with Crippen LogP contribution in [0, 0.1) is 0 Å². The summed E-state index contributed by atoms with van der Waals surface area (Å²) < 4.78 is 0. The molecule has 0 aromatic rings. The van der Waals surface area contributed by atoms with Gasteiger partial charge in [-0.05, 0) is 13.8 Å². The Kier molecular flexibility index (Phi) is 4.62. The molecule has 0 saturated heterocycles. The van der Waals surface area contributed by atoms with Crippen LogP contribution in [0.3, 0.4) is 0 Å². The molecule has 2 heteroatoms. The highest BCUT2D eigenvalue weighted by Crippen LogP contribution is 1.60. The quantitative estimate of drug-likeness (QED) is 0.406. The van der Waals surface area contributed by atoms with E-state index in [-0.39, 0.29) is 0 Å². The standard InChI is InChI=1S/C5H10N2/c1-3-5-7-6-4-2/h3-5,7H,1-2H3/b5-3-,6-4+. The number of hydrazone groups is 1. The lowest BCUT2D eigenvalue weighted by Crippen LogP contribution is -1.90. The Morgan fingerprint density at radius 1 is 1.43 bits per heavy atom. The first-order valence-corrected chi connectivity index (χ1v) is 2.26. The summed E-state index contributed by atoms with van der Waals surface area (Å²) in [5, 5.41) is 3.70. The summed E-state index contributed by atoms with van der Waals surface area (Å²) in [4.78, 5) is 0. The van der Waals surface area contributed by atoms with Crippen LogP contribution in [-0.2, 0) is 0 Å². The third-order valence-electron chi connectivity index (χ3n) is 0.445. The zero-order valence-corrected chi connectivity index (χ0v) is 4.68. The highest BCUT2D eigenvalue weighted by Gasteiger charge is 1.55. The van der Waals surface area contributed by atoms with Crippen LogP contribution in [-0.4, -0.2) is 6.21 Å². The van der Waals surface area contributed by atoms with Crippen LogP contribution in [0.15, 0.2) is 17.4 Å². The number of allylic oxidation sites excluding steroid dienone is 1. The molecule has 0 aromatic heterocycles. The summed E-state index contributed by atoms with van der Waals surface area (Å²) in [5.74, 6) is 0. The van der Waals surface area contributed by atoms with Gasteiger partial charge in [-0.25, -0.2) is 0 Å². The van der Waals surface area contributed by atoms with Crippen molar-refractivity contribution in [2.45, 2.75) is 13.8 Å². The zero-order valence-electron chi connectivity index (χ0n) is 4.68. The number of nitrogens with one attached hydrogen (secondary N) is 1. The zero-order chi connectivity index (χ0) is 5.54. The highest BCUT2D eigenvalue weighted by atomic mass is 15.3. The van der Waals surface area contributed by atoms with Gasteiger partial charge >= 0.3 is 0 Å².